The first-order chi connectivity index (χ1) is 33.7. The summed E-state index contributed by atoms with van der Waals surface area (Å²) in [6, 6.07) is 81.1. The van der Waals surface area contributed by atoms with Gasteiger partial charge in [-0.1, -0.05) is 151 Å². The fraction of sp³-hybridized carbons (Fsp3) is 0. The summed E-state index contributed by atoms with van der Waals surface area (Å²) in [5.41, 5.74) is 19.3. The normalized spacial score (nSPS) is 13.5. The molecule has 0 bridgehead atoms. The van der Waals surface area contributed by atoms with Crippen LogP contribution in [0.4, 0.5) is 51.2 Å². The first-order valence-corrected chi connectivity index (χ1v) is 24.0. The van der Waals surface area contributed by atoms with Crippen molar-refractivity contribution in [1.82, 2.24) is 0 Å². The highest BCUT2D eigenvalue weighted by atomic mass is 32.2. The number of nitrogens with zero attached hydrogens (tertiary/aromatic N) is 3. The minimum Gasteiger partial charge on any atom is -0.458 e. The Labute approximate surface area is 398 Å². The van der Waals surface area contributed by atoms with Gasteiger partial charge in [0, 0.05) is 61.1 Å². The molecular weight excluding hydrogens is 848 g/mol. The zero-order valence-electron chi connectivity index (χ0n) is 36.6. The number of hydrogen-bond acceptors (Lipinski definition) is 6. The number of benzene rings is 10. The molecule has 15 rings (SSSR count). The molecule has 0 unspecified atom stereocenters. The third-order valence-electron chi connectivity index (χ3n) is 14.3. The Hall–Kier alpha value is -8.32. The Kier molecular flexibility index (Phi) is 8.12. The molecular formula is C60H37B2N3O2S. The van der Waals surface area contributed by atoms with Crippen molar-refractivity contribution in [3.8, 4) is 11.5 Å². The number of fused-ring (bicyclic) bond motifs is 12. The van der Waals surface area contributed by atoms with E-state index in [0.717, 1.165) is 73.2 Å². The van der Waals surface area contributed by atoms with E-state index in [-0.39, 0.29) is 13.4 Å². The summed E-state index contributed by atoms with van der Waals surface area (Å²) >= 11 is 1.83. The lowest BCUT2D eigenvalue weighted by Gasteiger charge is -2.42. The van der Waals surface area contributed by atoms with E-state index >= 15 is 0 Å². The van der Waals surface area contributed by atoms with Crippen LogP contribution in [-0.4, -0.2) is 13.4 Å². The van der Waals surface area contributed by atoms with Crippen LogP contribution in [0.25, 0.3) is 21.9 Å². The molecule has 0 atom stereocenters. The van der Waals surface area contributed by atoms with Gasteiger partial charge < -0.3 is 23.9 Å². The highest BCUT2D eigenvalue weighted by Crippen LogP contribution is 2.50. The van der Waals surface area contributed by atoms with E-state index < -0.39 is 0 Å². The summed E-state index contributed by atoms with van der Waals surface area (Å²) in [5, 5.41) is 2.27. The van der Waals surface area contributed by atoms with Gasteiger partial charge in [0.2, 0.25) is 6.71 Å². The molecule has 0 aliphatic carbocycles. The molecule has 316 valence electrons. The van der Waals surface area contributed by atoms with Crippen molar-refractivity contribution in [2.24, 2.45) is 0 Å². The van der Waals surface area contributed by atoms with Gasteiger partial charge in [-0.15, -0.1) is 0 Å². The minimum absolute atomic E-state index is 0.0380. The van der Waals surface area contributed by atoms with E-state index in [0.29, 0.717) is 0 Å². The van der Waals surface area contributed by atoms with Crippen molar-refractivity contribution in [3.05, 3.63) is 224 Å². The maximum atomic E-state index is 7.41. The topological polar surface area (TPSA) is 32.1 Å². The Morgan fingerprint density at radius 2 is 0.971 bits per heavy atom. The first-order valence-electron chi connectivity index (χ1n) is 23.2. The summed E-state index contributed by atoms with van der Waals surface area (Å²) in [4.78, 5) is 9.64. The van der Waals surface area contributed by atoms with Gasteiger partial charge in [0.1, 0.15) is 22.7 Å². The molecule has 0 saturated heterocycles. The number of rotatable bonds is 5. The summed E-state index contributed by atoms with van der Waals surface area (Å²) in [7, 11) is 0. The standard InChI is InChI=1S/C60H37B2N3O2S/c1-5-19-38(20-6-1)63(39-21-7-2-8-22-39)42-33-50-58-54(34-42)67-52-36-55-47(35-46(52)61(58)44-28-14-16-30-48(44)64(50)40-23-9-3-10-24-40)62-45-29-15-17-31-49(45)65(41-25-11-4-12-26-41)60-57-43-27-13-18-32-51(43)66-53(57)37-56(68-55)59(60)62/h1-37H. The molecule has 0 fully saturated rings. The zero-order chi connectivity index (χ0) is 44.5. The minimum atomic E-state index is -0.0908. The molecule has 0 spiro atoms. The fourth-order valence-corrected chi connectivity index (χ4v) is 12.8. The van der Waals surface area contributed by atoms with Crippen molar-refractivity contribution >= 4 is 131 Å². The number of anilines is 9. The number of ether oxygens (including phenoxy) is 1. The zero-order valence-corrected chi connectivity index (χ0v) is 37.4. The predicted octanol–water partition coefficient (Wildman–Crippen LogP) is 12.2. The van der Waals surface area contributed by atoms with Crippen molar-refractivity contribution in [2.75, 3.05) is 14.7 Å². The summed E-state index contributed by atoms with van der Waals surface area (Å²) in [6.45, 7) is -0.129. The second-order valence-electron chi connectivity index (χ2n) is 17.9. The predicted molar refractivity (Wildman–Crippen MR) is 284 cm³/mol. The molecule has 0 saturated carbocycles. The Balaban J connectivity index is 0.991. The molecule has 0 radical (unpaired) electrons. The second kappa shape index (κ2) is 14.6. The SMILES string of the molecule is c1ccc(N(c2ccccc2)c2cc3c4c(c2)N(c2ccccc2)c2ccccc2B4c2cc4c(cc2O3)Sc2cc3oc5ccccc5c3c3c2B4c2ccccc2N3c2ccccc2)cc1. The van der Waals surface area contributed by atoms with Crippen LogP contribution in [-0.2, 0) is 0 Å². The van der Waals surface area contributed by atoms with E-state index in [4.69, 9.17) is 9.15 Å². The molecule has 10 aromatic carbocycles. The van der Waals surface area contributed by atoms with Crippen LogP contribution < -0.4 is 52.2 Å². The average Bonchev–Trinajstić information content (AvgIpc) is 3.77. The van der Waals surface area contributed by atoms with E-state index in [2.05, 4.69) is 239 Å². The third kappa shape index (κ3) is 5.43. The van der Waals surface area contributed by atoms with Crippen LogP contribution in [0.15, 0.2) is 239 Å². The van der Waals surface area contributed by atoms with Gasteiger partial charge in [-0.25, -0.2) is 0 Å². The van der Waals surface area contributed by atoms with Gasteiger partial charge in [-0.2, -0.15) is 0 Å². The number of hydrogen-bond donors (Lipinski definition) is 0. The molecule has 0 amide bonds. The van der Waals surface area contributed by atoms with Gasteiger partial charge in [0.15, 0.2) is 0 Å². The maximum absolute atomic E-state index is 7.41. The molecule has 68 heavy (non-hydrogen) atoms. The largest absolute Gasteiger partial charge is 0.458 e. The molecule has 4 aliphatic rings. The van der Waals surface area contributed by atoms with Crippen LogP contribution >= 0.6 is 11.8 Å². The van der Waals surface area contributed by atoms with Gasteiger partial charge in [0.05, 0.1) is 16.8 Å². The Bertz CT molecular complexity index is 3810. The molecule has 4 aliphatic heterocycles. The van der Waals surface area contributed by atoms with Crippen LogP contribution in [0.5, 0.6) is 11.5 Å². The lowest BCUT2D eigenvalue weighted by molar-refractivity contribution is 0.486. The Morgan fingerprint density at radius 3 is 1.66 bits per heavy atom. The number of para-hydroxylation sites is 7. The molecule has 5 heterocycles. The van der Waals surface area contributed by atoms with Crippen LogP contribution in [0.2, 0.25) is 0 Å². The summed E-state index contributed by atoms with van der Waals surface area (Å²) < 4.78 is 14.2. The number of furan rings is 1. The lowest BCUT2D eigenvalue weighted by Crippen LogP contribution is -2.63. The van der Waals surface area contributed by atoms with Gasteiger partial charge in [-0.05, 0) is 112 Å². The lowest BCUT2D eigenvalue weighted by atomic mass is 9.31. The maximum Gasteiger partial charge on any atom is 0.256 e. The highest BCUT2D eigenvalue weighted by Gasteiger charge is 2.47. The molecule has 11 aromatic rings. The van der Waals surface area contributed by atoms with Crippen LogP contribution in [0.3, 0.4) is 0 Å². The third-order valence-corrected chi connectivity index (χ3v) is 15.4. The van der Waals surface area contributed by atoms with E-state index in [1.165, 1.54) is 53.9 Å². The van der Waals surface area contributed by atoms with Gasteiger partial charge >= 0.3 is 0 Å². The van der Waals surface area contributed by atoms with E-state index in [1.54, 1.807) is 0 Å². The van der Waals surface area contributed by atoms with Crippen molar-refractivity contribution in [3.63, 3.8) is 0 Å². The van der Waals surface area contributed by atoms with Crippen LogP contribution in [0, 0.1) is 0 Å². The first kappa shape index (κ1) is 37.9. The molecule has 1 aromatic heterocycles. The Morgan fingerprint density at radius 1 is 0.397 bits per heavy atom. The molecule has 8 heteroatoms. The second-order valence-corrected chi connectivity index (χ2v) is 19.0. The van der Waals surface area contributed by atoms with Crippen LogP contribution in [0.1, 0.15) is 0 Å². The smallest absolute Gasteiger partial charge is 0.256 e. The van der Waals surface area contributed by atoms with Crippen molar-refractivity contribution < 1.29 is 9.15 Å². The van der Waals surface area contributed by atoms with Crippen molar-refractivity contribution in [1.29, 1.82) is 0 Å². The van der Waals surface area contributed by atoms with E-state index in [1.807, 2.05) is 11.8 Å². The highest BCUT2D eigenvalue weighted by molar-refractivity contribution is 8.00. The quantitative estimate of drug-likeness (QED) is 0.160. The van der Waals surface area contributed by atoms with Gasteiger partial charge in [-0.3, -0.25) is 0 Å². The fourth-order valence-electron chi connectivity index (χ4n) is 11.6. The summed E-state index contributed by atoms with van der Waals surface area (Å²) in [5.74, 6) is 1.74. The molecule has 5 nitrogen and oxygen atoms in total. The summed E-state index contributed by atoms with van der Waals surface area (Å²) in [6.07, 6.45) is 0. The monoisotopic (exact) mass is 885 g/mol. The van der Waals surface area contributed by atoms with Crippen molar-refractivity contribution in [2.45, 2.75) is 9.79 Å². The average molecular weight is 886 g/mol. The van der Waals surface area contributed by atoms with E-state index in [9.17, 15) is 0 Å². The molecule has 0 N–H and O–H groups in total. The van der Waals surface area contributed by atoms with Gasteiger partial charge in [0.25, 0.3) is 6.71 Å².